The first kappa shape index (κ1) is 16.2. The van der Waals surface area contributed by atoms with Crippen molar-refractivity contribution in [2.75, 3.05) is 12.4 Å². The third kappa shape index (κ3) is 3.92. The molecule has 1 atom stereocenters. The molecule has 0 radical (unpaired) electrons. The molecule has 0 saturated heterocycles. The summed E-state index contributed by atoms with van der Waals surface area (Å²) in [6, 6.07) is 13.9. The molecule has 0 spiro atoms. The van der Waals surface area contributed by atoms with Gasteiger partial charge in [0.2, 0.25) is 5.91 Å². The Morgan fingerprint density at radius 3 is 2.50 bits per heavy atom. The third-order valence-electron chi connectivity index (χ3n) is 3.85. The maximum absolute atomic E-state index is 13.6. The summed E-state index contributed by atoms with van der Waals surface area (Å²) in [6.07, 6.45) is 0. The maximum Gasteiger partial charge on any atom is 0.241 e. The number of aryl methyl sites for hydroxylation is 1. The molecule has 0 aromatic heterocycles. The van der Waals surface area contributed by atoms with Crippen molar-refractivity contribution in [3.8, 4) is 0 Å². The minimum absolute atomic E-state index is 0.212. The largest absolute Gasteiger partial charge is 0.322 e. The van der Waals surface area contributed by atoms with E-state index in [4.69, 9.17) is 0 Å². The van der Waals surface area contributed by atoms with Crippen molar-refractivity contribution < 1.29 is 9.18 Å². The Morgan fingerprint density at radius 2 is 1.82 bits per heavy atom. The minimum Gasteiger partial charge on any atom is -0.322 e. The predicted molar refractivity (Wildman–Crippen MR) is 87.1 cm³/mol. The molecule has 0 bridgehead atoms. The van der Waals surface area contributed by atoms with Crippen LogP contribution in [0, 0.1) is 12.7 Å². The van der Waals surface area contributed by atoms with Gasteiger partial charge in [-0.25, -0.2) is 4.39 Å². The molecule has 0 saturated carbocycles. The molecule has 0 aliphatic heterocycles. The SMILES string of the molecule is Cc1ccccc1CN(C)[C@H](C)C(=O)Nc1ccccc1F. The smallest absolute Gasteiger partial charge is 0.241 e. The van der Waals surface area contributed by atoms with E-state index in [9.17, 15) is 9.18 Å². The number of hydrogen-bond donors (Lipinski definition) is 1. The Labute approximate surface area is 130 Å². The number of anilines is 1. The van der Waals surface area contributed by atoms with Crippen molar-refractivity contribution in [3.63, 3.8) is 0 Å². The van der Waals surface area contributed by atoms with Crippen molar-refractivity contribution in [1.82, 2.24) is 4.90 Å². The molecule has 0 heterocycles. The Hall–Kier alpha value is -2.20. The molecule has 0 fully saturated rings. The monoisotopic (exact) mass is 300 g/mol. The van der Waals surface area contributed by atoms with Crippen LogP contribution in [-0.2, 0) is 11.3 Å². The zero-order valence-electron chi connectivity index (χ0n) is 13.1. The van der Waals surface area contributed by atoms with Gasteiger partial charge in [-0.3, -0.25) is 9.69 Å². The summed E-state index contributed by atoms with van der Waals surface area (Å²) in [7, 11) is 1.89. The number of nitrogens with one attached hydrogen (secondary N) is 1. The molecule has 0 aliphatic rings. The number of benzene rings is 2. The average Bonchev–Trinajstić information content (AvgIpc) is 2.51. The number of carbonyl (C=O) groups is 1. The second kappa shape index (κ2) is 7.18. The molecule has 1 N–H and O–H groups in total. The van der Waals surface area contributed by atoms with Crippen LogP contribution >= 0.6 is 0 Å². The van der Waals surface area contributed by atoms with Gasteiger partial charge in [0, 0.05) is 6.54 Å². The predicted octanol–water partition coefficient (Wildman–Crippen LogP) is 3.59. The molecule has 2 rings (SSSR count). The van der Waals surface area contributed by atoms with Gasteiger partial charge in [-0.2, -0.15) is 0 Å². The summed E-state index contributed by atoms with van der Waals surface area (Å²) in [5.74, 6) is -0.647. The standard InChI is InChI=1S/C18H21FN2O/c1-13-8-4-5-9-15(13)12-21(3)14(2)18(22)20-17-11-7-6-10-16(17)19/h4-11,14H,12H2,1-3H3,(H,20,22)/t14-/m1/s1. The van der Waals surface area contributed by atoms with Crippen molar-refractivity contribution in [2.45, 2.75) is 26.4 Å². The topological polar surface area (TPSA) is 32.3 Å². The molecular weight excluding hydrogens is 279 g/mol. The number of likely N-dealkylation sites (N-methyl/N-ethyl adjacent to an activating group) is 1. The summed E-state index contributed by atoms with van der Waals surface area (Å²) in [4.78, 5) is 14.2. The zero-order chi connectivity index (χ0) is 16.1. The summed E-state index contributed by atoms with van der Waals surface area (Å²) >= 11 is 0. The van der Waals surface area contributed by atoms with E-state index in [0.29, 0.717) is 6.54 Å². The van der Waals surface area contributed by atoms with Crippen LogP contribution in [0.15, 0.2) is 48.5 Å². The van der Waals surface area contributed by atoms with E-state index in [-0.39, 0.29) is 17.6 Å². The van der Waals surface area contributed by atoms with Crippen LogP contribution in [0.25, 0.3) is 0 Å². The van der Waals surface area contributed by atoms with Crippen LogP contribution in [-0.4, -0.2) is 23.9 Å². The molecular formula is C18H21FN2O. The van der Waals surface area contributed by atoms with Gasteiger partial charge in [-0.1, -0.05) is 36.4 Å². The fourth-order valence-electron chi connectivity index (χ4n) is 2.19. The molecule has 4 heteroatoms. The van der Waals surface area contributed by atoms with Gasteiger partial charge < -0.3 is 5.32 Å². The van der Waals surface area contributed by atoms with E-state index in [0.717, 1.165) is 0 Å². The number of hydrogen-bond acceptors (Lipinski definition) is 2. The van der Waals surface area contributed by atoms with E-state index < -0.39 is 5.82 Å². The first-order valence-corrected chi connectivity index (χ1v) is 7.29. The van der Waals surface area contributed by atoms with Crippen LogP contribution in [0.1, 0.15) is 18.1 Å². The summed E-state index contributed by atoms with van der Waals surface area (Å²) < 4.78 is 13.6. The lowest BCUT2D eigenvalue weighted by Crippen LogP contribution is -2.39. The first-order chi connectivity index (χ1) is 10.5. The van der Waals surface area contributed by atoms with Crippen LogP contribution in [0.3, 0.4) is 0 Å². The van der Waals surface area contributed by atoms with Crippen molar-refractivity contribution >= 4 is 11.6 Å². The van der Waals surface area contributed by atoms with E-state index in [1.165, 1.54) is 17.2 Å². The van der Waals surface area contributed by atoms with E-state index in [2.05, 4.69) is 5.32 Å². The highest BCUT2D eigenvalue weighted by atomic mass is 19.1. The normalized spacial score (nSPS) is 12.2. The zero-order valence-corrected chi connectivity index (χ0v) is 13.1. The van der Waals surface area contributed by atoms with Gasteiger partial charge in [0.25, 0.3) is 0 Å². The van der Waals surface area contributed by atoms with Gasteiger partial charge in [0.15, 0.2) is 0 Å². The van der Waals surface area contributed by atoms with E-state index >= 15 is 0 Å². The number of nitrogens with zero attached hydrogens (tertiary/aromatic N) is 1. The quantitative estimate of drug-likeness (QED) is 0.915. The van der Waals surface area contributed by atoms with Crippen LogP contribution < -0.4 is 5.32 Å². The Balaban J connectivity index is 2.01. The minimum atomic E-state index is -0.426. The number of halogens is 1. The summed E-state index contributed by atoms with van der Waals surface area (Å²) in [5, 5.41) is 2.64. The first-order valence-electron chi connectivity index (χ1n) is 7.29. The van der Waals surface area contributed by atoms with Gasteiger partial charge >= 0.3 is 0 Å². The van der Waals surface area contributed by atoms with Crippen LogP contribution in [0.4, 0.5) is 10.1 Å². The summed E-state index contributed by atoms with van der Waals surface area (Å²) in [5.41, 5.74) is 2.58. The molecule has 2 aromatic carbocycles. The molecule has 0 unspecified atom stereocenters. The van der Waals surface area contributed by atoms with Gasteiger partial charge in [0.05, 0.1) is 11.7 Å². The lowest BCUT2D eigenvalue weighted by atomic mass is 10.1. The molecule has 116 valence electrons. The summed E-state index contributed by atoms with van der Waals surface area (Å²) in [6.45, 7) is 4.53. The Morgan fingerprint density at radius 1 is 1.18 bits per heavy atom. The van der Waals surface area contributed by atoms with Gasteiger partial charge in [0.1, 0.15) is 5.82 Å². The van der Waals surface area contributed by atoms with Crippen molar-refractivity contribution in [2.24, 2.45) is 0 Å². The van der Waals surface area contributed by atoms with Crippen LogP contribution in [0.2, 0.25) is 0 Å². The van der Waals surface area contributed by atoms with E-state index in [1.807, 2.05) is 50.1 Å². The molecule has 1 amide bonds. The highest BCUT2D eigenvalue weighted by Crippen LogP contribution is 2.15. The highest BCUT2D eigenvalue weighted by molar-refractivity contribution is 5.94. The fourth-order valence-corrected chi connectivity index (χ4v) is 2.19. The van der Waals surface area contributed by atoms with Crippen molar-refractivity contribution in [1.29, 1.82) is 0 Å². The molecule has 2 aromatic rings. The lowest BCUT2D eigenvalue weighted by molar-refractivity contribution is -0.120. The van der Waals surface area contributed by atoms with Gasteiger partial charge in [-0.05, 0) is 44.2 Å². The highest BCUT2D eigenvalue weighted by Gasteiger charge is 2.19. The number of amides is 1. The third-order valence-corrected chi connectivity index (χ3v) is 3.85. The van der Waals surface area contributed by atoms with E-state index in [1.54, 1.807) is 18.2 Å². The number of rotatable bonds is 5. The lowest BCUT2D eigenvalue weighted by Gasteiger charge is -2.24. The Bertz CT molecular complexity index is 657. The Kier molecular flexibility index (Phi) is 5.28. The maximum atomic E-state index is 13.6. The molecule has 3 nitrogen and oxygen atoms in total. The van der Waals surface area contributed by atoms with Gasteiger partial charge in [-0.15, -0.1) is 0 Å². The van der Waals surface area contributed by atoms with Crippen LogP contribution in [0.5, 0.6) is 0 Å². The number of para-hydroxylation sites is 1. The molecule has 0 aliphatic carbocycles. The van der Waals surface area contributed by atoms with Crippen molar-refractivity contribution in [3.05, 3.63) is 65.5 Å². The molecule has 22 heavy (non-hydrogen) atoms. The second-order valence-corrected chi connectivity index (χ2v) is 5.49. The second-order valence-electron chi connectivity index (χ2n) is 5.49. The average molecular weight is 300 g/mol. The fraction of sp³-hybridized carbons (Fsp3) is 0.278. The number of carbonyl (C=O) groups excluding carboxylic acids is 1.